The van der Waals surface area contributed by atoms with Crippen LogP contribution < -0.4 is 10.5 Å². The lowest BCUT2D eigenvalue weighted by molar-refractivity contribution is -0.142. The Balaban J connectivity index is 1.64. The van der Waals surface area contributed by atoms with Gasteiger partial charge in [-0.05, 0) is 31.7 Å². The molecule has 2 fully saturated rings. The first-order valence-electron chi connectivity index (χ1n) is 7.99. The van der Waals surface area contributed by atoms with E-state index < -0.39 is 12.0 Å². The number of morpholine rings is 1. The molecule has 0 spiro atoms. The van der Waals surface area contributed by atoms with E-state index in [1.54, 1.807) is 0 Å². The van der Waals surface area contributed by atoms with Gasteiger partial charge in [-0.25, -0.2) is 0 Å². The van der Waals surface area contributed by atoms with Gasteiger partial charge in [-0.3, -0.25) is 9.69 Å². The number of primary amides is 1. The summed E-state index contributed by atoms with van der Waals surface area (Å²) in [4.78, 5) is 13.6. The summed E-state index contributed by atoms with van der Waals surface area (Å²) in [6.07, 6.45) is 2.04. The molecule has 1 saturated heterocycles. The first-order chi connectivity index (χ1) is 10.6. The quantitative estimate of drug-likeness (QED) is 0.866. The van der Waals surface area contributed by atoms with Gasteiger partial charge in [0.1, 0.15) is 11.9 Å². The van der Waals surface area contributed by atoms with Gasteiger partial charge in [0.15, 0.2) is 0 Å². The minimum atomic E-state index is -0.525. The maximum atomic E-state index is 11.4. The van der Waals surface area contributed by atoms with Crippen molar-refractivity contribution in [1.29, 1.82) is 0 Å². The molecule has 1 saturated carbocycles. The predicted molar refractivity (Wildman–Crippen MR) is 83.5 cm³/mol. The van der Waals surface area contributed by atoms with Crippen molar-refractivity contribution in [1.82, 2.24) is 4.90 Å². The Bertz CT molecular complexity index is 530. The molecule has 2 atom stereocenters. The van der Waals surface area contributed by atoms with Crippen molar-refractivity contribution in [2.45, 2.75) is 38.5 Å². The molecule has 2 N–H and O–H groups in total. The van der Waals surface area contributed by atoms with Crippen LogP contribution in [0.25, 0.3) is 0 Å². The van der Waals surface area contributed by atoms with Crippen molar-refractivity contribution in [2.24, 2.45) is 11.7 Å². The Labute approximate surface area is 131 Å². The zero-order valence-electron chi connectivity index (χ0n) is 13.0. The highest BCUT2D eigenvalue weighted by Crippen LogP contribution is 2.30. The van der Waals surface area contributed by atoms with Gasteiger partial charge in [0.05, 0.1) is 12.7 Å². The van der Waals surface area contributed by atoms with Crippen LogP contribution in [0.5, 0.6) is 5.75 Å². The highest BCUT2D eigenvalue weighted by molar-refractivity contribution is 5.79. The van der Waals surface area contributed by atoms with Gasteiger partial charge < -0.3 is 15.2 Å². The molecule has 1 amide bonds. The van der Waals surface area contributed by atoms with Gasteiger partial charge in [-0.2, -0.15) is 0 Å². The molecule has 1 aliphatic carbocycles. The summed E-state index contributed by atoms with van der Waals surface area (Å²) >= 11 is 0. The van der Waals surface area contributed by atoms with Gasteiger partial charge in [0.2, 0.25) is 5.91 Å². The third-order valence-corrected chi connectivity index (χ3v) is 4.19. The number of nitrogens with zero attached hydrogens (tertiary/aromatic N) is 1. The largest absolute Gasteiger partial charge is 0.493 e. The number of hydrogen-bond acceptors (Lipinski definition) is 4. The third-order valence-electron chi connectivity index (χ3n) is 4.19. The Morgan fingerprint density at radius 3 is 2.86 bits per heavy atom. The molecule has 1 aromatic carbocycles. The van der Waals surface area contributed by atoms with Crippen molar-refractivity contribution in [3.8, 4) is 5.75 Å². The van der Waals surface area contributed by atoms with Crippen molar-refractivity contribution < 1.29 is 14.3 Å². The lowest BCUT2D eigenvalue weighted by Crippen LogP contribution is -2.51. The number of amides is 1. The van der Waals surface area contributed by atoms with Gasteiger partial charge in [-0.15, -0.1) is 0 Å². The monoisotopic (exact) mass is 304 g/mol. The first kappa shape index (κ1) is 15.3. The molecule has 3 rings (SSSR count). The zero-order valence-corrected chi connectivity index (χ0v) is 13.0. The van der Waals surface area contributed by atoms with E-state index in [2.05, 4.69) is 11.0 Å². The second-order valence-corrected chi connectivity index (χ2v) is 6.39. The minimum absolute atomic E-state index is 0.00537. The molecule has 5 heteroatoms. The van der Waals surface area contributed by atoms with Crippen molar-refractivity contribution >= 4 is 5.91 Å². The van der Waals surface area contributed by atoms with Crippen LogP contribution in [0.15, 0.2) is 24.3 Å². The highest BCUT2D eigenvalue weighted by Gasteiger charge is 2.29. The maximum Gasteiger partial charge on any atom is 0.247 e. The third kappa shape index (κ3) is 3.99. The predicted octanol–water partition coefficient (Wildman–Crippen LogP) is 1.55. The van der Waals surface area contributed by atoms with E-state index in [1.165, 1.54) is 12.8 Å². The Morgan fingerprint density at radius 2 is 2.14 bits per heavy atom. The number of para-hydroxylation sites is 1. The summed E-state index contributed by atoms with van der Waals surface area (Å²) in [7, 11) is 0. The molecular weight excluding hydrogens is 280 g/mol. The average Bonchev–Trinajstić information content (AvgIpc) is 3.30. The molecule has 1 aliphatic heterocycles. The molecule has 0 aromatic heterocycles. The zero-order chi connectivity index (χ0) is 15.5. The van der Waals surface area contributed by atoms with Crippen LogP contribution in [0.1, 0.15) is 25.3 Å². The Hall–Kier alpha value is -1.59. The second-order valence-electron chi connectivity index (χ2n) is 6.39. The lowest BCUT2D eigenvalue weighted by Gasteiger charge is -2.35. The highest BCUT2D eigenvalue weighted by atomic mass is 16.5. The van der Waals surface area contributed by atoms with E-state index in [4.69, 9.17) is 15.2 Å². The van der Waals surface area contributed by atoms with Crippen molar-refractivity contribution in [3.05, 3.63) is 29.8 Å². The normalized spacial score (nSPS) is 25.9. The van der Waals surface area contributed by atoms with Gasteiger partial charge in [0, 0.05) is 25.2 Å². The molecular formula is C17H24N2O3. The minimum Gasteiger partial charge on any atom is -0.493 e. The maximum absolute atomic E-state index is 11.4. The van der Waals surface area contributed by atoms with Crippen LogP contribution in [0, 0.1) is 5.92 Å². The summed E-state index contributed by atoms with van der Waals surface area (Å²) in [6, 6.07) is 8.13. The molecule has 0 bridgehead atoms. The van der Waals surface area contributed by atoms with Crippen LogP contribution in [0.3, 0.4) is 0 Å². The molecule has 22 heavy (non-hydrogen) atoms. The van der Waals surface area contributed by atoms with Gasteiger partial charge in [-0.1, -0.05) is 18.2 Å². The standard InChI is InChI=1S/C17H24N2O3/c1-12-8-19(10-16(22-12)17(18)20)9-14-4-2-3-5-15(14)21-11-13-6-7-13/h2-5,12-13,16H,6-11H2,1H3,(H2,18,20)/t12-,16?/m1/s1. The topological polar surface area (TPSA) is 64.8 Å². The summed E-state index contributed by atoms with van der Waals surface area (Å²) < 4.78 is 11.5. The van der Waals surface area contributed by atoms with Crippen LogP contribution in [0.4, 0.5) is 0 Å². The van der Waals surface area contributed by atoms with Crippen molar-refractivity contribution in [2.75, 3.05) is 19.7 Å². The Kier molecular flexibility index (Phi) is 4.64. The molecule has 1 heterocycles. The number of carbonyl (C=O) groups excluding carboxylic acids is 1. The SMILES string of the molecule is C[C@@H]1CN(Cc2ccccc2OCC2CC2)CC(C(N)=O)O1. The molecule has 1 aromatic rings. The fourth-order valence-corrected chi connectivity index (χ4v) is 2.83. The Morgan fingerprint density at radius 1 is 1.36 bits per heavy atom. The first-order valence-corrected chi connectivity index (χ1v) is 7.99. The van der Waals surface area contributed by atoms with Crippen LogP contribution in [-0.2, 0) is 16.1 Å². The average molecular weight is 304 g/mol. The van der Waals surface area contributed by atoms with Crippen molar-refractivity contribution in [3.63, 3.8) is 0 Å². The van der Waals surface area contributed by atoms with E-state index in [-0.39, 0.29) is 6.10 Å². The summed E-state index contributed by atoms with van der Waals surface area (Å²) in [5.41, 5.74) is 6.54. The number of benzene rings is 1. The molecule has 120 valence electrons. The molecule has 5 nitrogen and oxygen atoms in total. The smallest absolute Gasteiger partial charge is 0.247 e. The number of nitrogens with two attached hydrogens (primary N) is 1. The summed E-state index contributed by atoms with van der Waals surface area (Å²) in [5, 5.41) is 0. The molecule has 0 radical (unpaired) electrons. The van der Waals surface area contributed by atoms with Crippen LogP contribution in [-0.4, -0.2) is 42.7 Å². The molecule has 2 aliphatic rings. The van der Waals surface area contributed by atoms with Crippen LogP contribution >= 0.6 is 0 Å². The van der Waals surface area contributed by atoms with Crippen LogP contribution in [0.2, 0.25) is 0 Å². The van der Waals surface area contributed by atoms with E-state index in [9.17, 15) is 4.79 Å². The van der Waals surface area contributed by atoms with E-state index in [0.29, 0.717) is 6.54 Å². The number of carbonyl (C=O) groups is 1. The lowest BCUT2D eigenvalue weighted by atomic mass is 10.1. The summed E-state index contributed by atoms with van der Waals surface area (Å²) in [5.74, 6) is 1.29. The van der Waals surface area contributed by atoms with E-state index in [0.717, 1.165) is 36.9 Å². The van der Waals surface area contributed by atoms with E-state index in [1.807, 2.05) is 25.1 Å². The van der Waals surface area contributed by atoms with Gasteiger partial charge in [0.25, 0.3) is 0 Å². The summed E-state index contributed by atoms with van der Waals surface area (Å²) in [6.45, 7) is 4.85. The number of hydrogen-bond donors (Lipinski definition) is 1. The second kappa shape index (κ2) is 6.67. The fourth-order valence-electron chi connectivity index (χ4n) is 2.83. The fraction of sp³-hybridized carbons (Fsp3) is 0.588. The molecule has 1 unspecified atom stereocenters. The number of rotatable bonds is 6. The van der Waals surface area contributed by atoms with E-state index >= 15 is 0 Å². The van der Waals surface area contributed by atoms with Gasteiger partial charge >= 0.3 is 0 Å². The number of ether oxygens (including phenoxy) is 2.